The van der Waals surface area contributed by atoms with Crippen molar-refractivity contribution in [2.75, 3.05) is 6.54 Å². The molecule has 0 aromatic heterocycles. The van der Waals surface area contributed by atoms with E-state index in [2.05, 4.69) is 5.32 Å². The summed E-state index contributed by atoms with van der Waals surface area (Å²) in [5, 5.41) is 12.1. The maximum absolute atomic E-state index is 12.0. The van der Waals surface area contributed by atoms with E-state index in [0.717, 1.165) is 12.5 Å². The summed E-state index contributed by atoms with van der Waals surface area (Å²) in [6.07, 6.45) is 5.20. The van der Waals surface area contributed by atoms with Gasteiger partial charge in [0.15, 0.2) is 0 Å². The van der Waals surface area contributed by atoms with Crippen LogP contribution in [-0.4, -0.2) is 23.5 Å². The number of amides is 1. The molecule has 2 saturated carbocycles. The molecule has 3 rings (SSSR count). The zero-order chi connectivity index (χ0) is 14.2. The normalized spacial score (nSPS) is 19.4. The topological polar surface area (TPSA) is 66.4 Å². The van der Waals surface area contributed by atoms with Crippen LogP contribution in [0.2, 0.25) is 0 Å². The number of benzene rings is 1. The number of carbonyl (C=O) groups excluding carboxylic acids is 1. The third kappa shape index (κ3) is 2.69. The Hall–Kier alpha value is -1.84. The molecule has 2 fully saturated rings. The van der Waals surface area contributed by atoms with E-state index in [1.165, 1.54) is 31.7 Å². The lowest BCUT2D eigenvalue weighted by Gasteiger charge is -2.15. The Balaban J connectivity index is 1.57. The van der Waals surface area contributed by atoms with Crippen LogP contribution in [0, 0.1) is 11.3 Å². The van der Waals surface area contributed by atoms with Crippen LogP contribution in [0.5, 0.6) is 0 Å². The van der Waals surface area contributed by atoms with E-state index in [-0.39, 0.29) is 17.9 Å². The summed E-state index contributed by atoms with van der Waals surface area (Å²) in [5.74, 6) is -0.246. The van der Waals surface area contributed by atoms with Crippen LogP contribution in [-0.2, 0) is 11.2 Å². The van der Waals surface area contributed by atoms with Crippen LogP contribution in [0.1, 0.15) is 41.6 Å². The van der Waals surface area contributed by atoms with Crippen molar-refractivity contribution in [2.24, 2.45) is 11.3 Å². The highest BCUT2D eigenvalue weighted by Crippen LogP contribution is 2.60. The highest BCUT2D eigenvalue weighted by molar-refractivity contribution is 5.91. The van der Waals surface area contributed by atoms with Gasteiger partial charge in [0.05, 0.1) is 12.0 Å². The second kappa shape index (κ2) is 4.93. The average molecular weight is 273 g/mol. The second-order valence-electron chi connectivity index (χ2n) is 6.05. The van der Waals surface area contributed by atoms with Crippen molar-refractivity contribution in [1.82, 2.24) is 5.32 Å². The molecule has 4 heteroatoms. The van der Waals surface area contributed by atoms with Gasteiger partial charge < -0.3 is 10.4 Å². The molecule has 20 heavy (non-hydrogen) atoms. The van der Waals surface area contributed by atoms with E-state index in [1.807, 2.05) is 0 Å². The number of carboxylic acids is 1. The molecule has 0 heterocycles. The van der Waals surface area contributed by atoms with Gasteiger partial charge in [0.1, 0.15) is 0 Å². The first-order valence-electron chi connectivity index (χ1n) is 7.19. The average Bonchev–Trinajstić information content (AvgIpc) is 3.28. The fourth-order valence-corrected chi connectivity index (χ4v) is 2.98. The van der Waals surface area contributed by atoms with Crippen LogP contribution >= 0.6 is 0 Å². The first-order valence-corrected chi connectivity index (χ1v) is 7.19. The first-order chi connectivity index (χ1) is 9.61. The van der Waals surface area contributed by atoms with E-state index in [9.17, 15) is 9.59 Å². The summed E-state index contributed by atoms with van der Waals surface area (Å²) in [4.78, 5) is 23.1. The van der Waals surface area contributed by atoms with Crippen LogP contribution < -0.4 is 5.32 Å². The van der Waals surface area contributed by atoms with Gasteiger partial charge in [0.25, 0.3) is 0 Å². The summed E-state index contributed by atoms with van der Waals surface area (Å²) in [5.41, 5.74) is 1.17. The molecule has 0 spiro atoms. The Bertz CT molecular complexity index is 544. The number of hydrogen-bond donors (Lipinski definition) is 2. The van der Waals surface area contributed by atoms with E-state index >= 15 is 0 Å². The largest absolute Gasteiger partial charge is 0.478 e. The third-order valence-corrected chi connectivity index (χ3v) is 4.57. The number of carbonyl (C=O) groups is 2. The summed E-state index contributed by atoms with van der Waals surface area (Å²) >= 11 is 0. The molecule has 106 valence electrons. The molecule has 0 bridgehead atoms. The first kappa shape index (κ1) is 13.2. The van der Waals surface area contributed by atoms with Gasteiger partial charge >= 0.3 is 5.97 Å². The van der Waals surface area contributed by atoms with Gasteiger partial charge in [-0.05, 0) is 48.6 Å². The van der Waals surface area contributed by atoms with Crippen LogP contribution in [0.25, 0.3) is 0 Å². The SMILES string of the molecule is O=C(Cc1ccccc1C(=O)O)NCC1(C2CC2)CC1. The van der Waals surface area contributed by atoms with E-state index in [1.54, 1.807) is 18.2 Å². The van der Waals surface area contributed by atoms with Gasteiger partial charge in [-0.15, -0.1) is 0 Å². The molecule has 2 N–H and O–H groups in total. The minimum absolute atomic E-state index is 0.0781. The maximum atomic E-state index is 12.0. The zero-order valence-corrected chi connectivity index (χ0v) is 11.4. The molecule has 4 nitrogen and oxygen atoms in total. The van der Waals surface area contributed by atoms with Crippen molar-refractivity contribution < 1.29 is 14.7 Å². The number of rotatable bonds is 6. The van der Waals surface area contributed by atoms with Gasteiger partial charge in [-0.1, -0.05) is 18.2 Å². The minimum Gasteiger partial charge on any atom is -0.478 e. The Morgan fingerprint density at radius 2 is 1.95 bits per heavy atom. The van der Waals surface area contributed by atoms with Crippen LogP contribution in [0.3, 0.4) is 0 Å². The summed E-state index contributed by atoms with van der Waals surface area (Å²) in [7, 11) is 0. The summed E-state index contributed by atoms with van der Waals surface area (Å²) in [6.45, 7) is 0.756. The third-order valence-electron chi connectivity index (χ3n) is 4.57. The molecule has 1 aromatic rings. The van der Waals surface area contributed by atoms with Gasteiger partial charge in [-0.2, -0.15) is 0 Å². The van der Waals surface area contributed by atoms with Crippen molar-refractivity contribution >= 4 is 11.9 Å². The molecule has 0 atom stereocenters. The van der Waals surface area contributed by atoms with E-state index in [4.69, 9.17) is 5.11 Å². The monoisotopic (exact) mass is 273 g/mol. The number of nitrogens with one attached hydrogen (secondary N) is 1. The quantitative estimate of drug-likeness (QED) is 0.835. The molecule has 1 aromatic carbocycles. The predicted octanol–water partition coefficient (Wildman–Crippen LogP) is 2.23. The van der Waals surface area contributed by atoms with Crippen molar-refractivity contribution in [3.05, 3.63) is 35.4 Å². The van der Waals surface area contributed by atoms with Gasteiger partial charge in [0.2, 0.25) is 5.91 Å². The van der Waals surface area contributed by atoms with Crippen molar-refractivity contribution in [3.63, 3.8) is 0 Å². The maximum Gasteiger partial charge on any atom is 0.335 e. The van der Waals surface area contributed by atoms with Crippen LogP contribution in [0.4, 0.5) is 0 Å². The molecule has 2 aliphatic rings. The Morgan fingerprint density at radius 3 is 2.55 bits per heavy atom. The van der Waals surface area contributed by atoms with E-state index in [0.29, 0.717) is 11.0 Å². The Morgan fingerprint density at radius 1 is 1.25 bits per heavy atom. The van der Waals surface area contributed by atoms with Gasteiger partial charge in [-0.25, -0.2) is 4.79 Å². The molecular weight excluding hydrogens is 254 g/mol. The van der Waals surface area contributed by atoms with E-state index < -0.39 is 5.97 Å². The molecule has 0 saturated heterocycles. The highest BCUT2D eigenvalue weighted by atomic mass is 16.4. The molecule has 0 radical (unpaired) electrons. The smallest absolute Gasteiger partial charge is 0.335 e. The molecule has 0 unspecified atom stereocenters. The predicted molar refractivity (Wildman–Crippen MR) is 74.5 cm³/mol. The number of aromatic carboxylic acids is 1. The lowest BCUT2D eigenvalue weighted by atomic mass is 10.00. The summed E-state index contributed by atoms with van der Waals surface area (Å²) in [6, 6.07) is 6.69. The Kier molecular flexibility index (Phi) is 3.24. The Labute approximate surface area is 118 Å². The lowest BCUT2D eigenvalue weighted by molar-refractivity contribution is -0.120. The standard InChI is InChI=1S/C16H19NO3/c18-14(17-10-16(7-8-16)12-5-6-12)9-11-3-1-2-4-13(11)15(19)20/h1-4,12H,5-10H2,(H,17,18)(H,19,20). The zero-order valence-electron chi connectivity index (χ0n) is 11.4. The molecule has 1 amide bonds. The number of carboxylic acid groups (broad SMARTS) is 1. The van der Waals surface area contributed by atoms with Gasteiger partial charge in [-0.3, -0.25) is 4.79 Å². The molecule has 0 aliphatic heterocycles. The lowest BCUT2D eigenvalue weighted by Crippen LogP contribution is -2.32. The minimum atomic E-state index is -0.981. The number of hydrogen-bond acceptors (Lipinski definition) is 2. The van der Waals surface area contributed by atoms with Crippen molar-refractivity contribution in [1.29, 1.82) is 0 Å². The summed E-state index contributed by atoms with van der Waals surface area (Å²) < 4.78 is 0. The van der Waals surface area contributed by atoms with Crippen molar-refractivity contribution in [3.8, 4) is 0 Å². The van der Waals surface area contributed by atoms with Gasteiger partial charge in [0, 0.05) is 6.54 Å². The second-order valence-corrected chi connectivity index (χ2v) is 6.05. The van der Waals surface area contributed by atoms with Crippen LogP contribution in [0.15, 0.2) is 24.3 Å². The fourth-order valence-electron chi connectivity index (χ4n) is 2.98. The molecule has 2 aliphatic carbocycles. The van der Waals surface area contributed by atoms with Crippen molar-refractivity contribution in [2.45, 2.75) is 32.1 Å². The highest BCUT2D eigenvalue weighted by Gasteiger charge is 2.53. The fraction of sp³-hybridized carbons (Fsp3) is 0.500. The molecular formula is C16H19NO3.